The molecule has 6 heteroatoms. The molecule has 24 heavy (non-hydrogen) atoms. The van der Waals surface area contributed by atoms with Gasteiger partial charge in [-0.25, -0.2) is 4.98 Å². The van der Waals surface area contributed by atoms with Crippen LogP contribution < -0.4 is 4.80 Å². The van der Waals surface area contributed by atoms with Gasteiger partial charge < -0.3 is 4.57 Å². The Morgan fingerprint density at radius 2 is 2.04 bits per heavy atom. The third-order valence-electron chi connectivity index (χ3n) is 3.72. The molecule has 1 aromatic carbocycles. The third kappa shape index (κ3) is 2.99. The van der Waals surface area contributed by atoms with Gasteiger partial charge in [0.15, 0.2) is 4.80 Å². The Labute approximate surface area is 148 Å². The number of benzene rings is 1. The van der Waals surface area contributed by atoms with Crippen molar-refractivity contribution in [3.63, 3.8) is 0 Å². The van der Waals surface area contributed by atoms with Crippen LogP contribution in [0.1, 0.15) is 31.5 Å². The highest BCUT2D eigenvalue weighted by Gasteiger charge is 2.15. The molecule has 1 amide bonds. The lowest BCUT2D eigenvalue weighted by molar-refractivity contribution is 0.100. The van der Waals surface area contributed by atoms with E-state index in [1.54, 1.807) is 11.3 Å². The van der Waals surface area contributed by atoms with Crippen LogP contribution >= 0.6 is 22.7 Å². The van der Waals surface area contributed by atoms with Gasteiger partial charge in [-0.1, -0.05) is 23.5 Å². The van der Waals surface area contributed by atoms with Crippen LogP contribution in [0, 0.1) is 27.7 Å². The summed E-state index contributed by atoms with van der Waals surface area (Å²) in [4.78, 5) is 22.6. The van der Waals surface area contributed by atoms with E-state index < -0.39 is 0 Å². The van der Waals surface area contributed by atoms with Crippen LogP contribution in [0.15, 0.2) is 29.8 Å². The summed E-state index contributed by atoms with van der Waals surface area (Å²) in [5.74, 6) is -0.225. The minimum atomic E-state index is -0.225. The highest BCUT2D eigenvalue weighted by molar-refractivity contribution is 7.16. The number of allylic oxidation sites excluding steroid dienone is 1. The predicted molar refractivity (Wildman–Crippen MR) is 101 cm³/mol. The fraction of sp³-hybridized carbons (Fsp3) is 0.278. The second kappa shape index (κ2) is 6.45. The van der Waals surface area contributed by atoms with Gasteiger partial charge in [-0.3, -0.25) is 4.79 Å². The van der Waals surface area contributed by atoms with Gasteiger partial charge in [0.25, 0.3) is 5.91 Å². The summed E-state index contributed by atoms with van der Waals surface area (Å²) in [5, 5.41) is 0.882. The molecule has 0 spiro atoms. The van der Waals surface area contributed by atoms with Gasteiger partial charge in [-0.2, -0.15) is 4.99 Å². The first kappa shape index (κ1) is 16.8. The molecule has 0 saturated heterocycles. The largest absolute Gasteiger partial charge is 0.312 e. The number of thiazole rings is 2. The van der Waals surface area contributed by atoms with Gasteiger partial charge in [0.2, 0.25) is 0 Å². The molecule has 2 aromatic heterocycles. The van der Waals surface area contributed by atoms with E-state index in [2.05, 4.69) is 42.5 Å². The zero-order chi connectivity index (χ0) is 17.4. The molecule has 0 saturated carbocycles. The molecule has 0 bridgehead atoms. The van der Waals surface area contributed by atoms with Crippen molar-refractivity contribution in [2.24, 2.45) is 4.99 Å². The maximum Gasteiger partial charge on any atom is 0.291 e. The summed E-state index contributed by atoms with van der Waals surface area (Å²) in [7, 11) is 0. The van der Waals surface area contributed by atoms with Crippen molar-refractivity contribution >= 4 is 38.8 Å². The number of aromatic nitrogens is 2. The standard InChI is InChI=1S/C18H19N3OS2/c1-6-7-21-14-9-10(2)8-11(3)15(14)24-18(21)20-17(22)16-12(4)19-13(5)23-16/h6,8-9H,1,7H2,2-5H3. The molecule has 3 rings (SSSR count). The van der Waals surface area contributed by atoms with Gasteiger partial charge in [0.05, 0.1) is 20.9 Å². The number of amides is 1. The smallest absolute Gasteiger partial charge is 0.291 e. The molecule has 0 aliphatic heterocycles. The minimum absolute atomic E-state index is 0.225. The summed E-state index contributed by atoms with van der Waals surface area (Å²) in [6, 6.07) is 4.29. The van der Waals surface area contributed by atoms with E-state index in [1.807, 2.05) is 24.5 Å². The van der Waals surface area contributed by atoms with Gasteiger partial charge >= 0.3 is 0 Å². The van der Waals surface area contributed by atoms with Crippen molar-refractivity contribution in [3.8, 4) is 0 Å². The Morgan fingerprint density at radius 3 is 2.67 bits per heavy atom. The van der Waals surface area contributed by atoms with E-state index in [-0.39, 0.29) is 5.91 Å². The number of aryl methyl sites for hydroxylation is 4. The Morgan fingerprint density at radius 1 is 1.29 bits per heavy atom. The molecule has 124 valence electrons. The number of hydrogen-bond donors (Lipinski definition) is 0. The van der Waals surface area contributed by atoms with Gasteiger partial charge in [-0.05, 0) is 44.9 Å². The van der Waals surface area contributed by atoms with Crippen molar-refractivity contribution in [1.29, 1.82) is 0 Å². The lowest BCUT2D eigenvalue weighted by Crippen LogP contribution is -2.16. The molecule has 0 aliphatic rings. The summed E-state index contributed by atoms with van der Waals surface area (Å²) >= 11 is 2.94. The van der Waals surface area contributed by atoms with E-state index in [1.165, 1.54) is 22.5 Å². The second-order valence-corrected chi connectivity index (χ2v) is 7.96. The number of rotatable bonds is 3. The van der Waals surface area contributed by atoms with Crippen LogP contribution in [-0.2, 0) is 6.54 Å². The van der Waals surface area contributed by atoms with E-state index >= 15 is 0 Å². The quantitative estimate of drug-likeness (QED) is 0.655. The van der Waals surface area contributed by atoms with Crippen molar-refractivity contribution < 1.29 is 4.79 Å². The average Bonchev–Trinajstić information content (AvgIpc) is 3.01. The first-order valence-electron chi connectivity index (χ1n) is 7.65. The maximum atomic E-state index is 12.6. The van der Waals surface area contributed by atoms with Crippen LogP contribution in [0.5, 0.6) is 0 Å². The number of nitrogens with zero attached hydrogens (tertiary/aromatic N) is 3. The number of fused-ring (bicyclic) bond motifs is 1. The monoisotopic (exact) mass is 357 g/mol. The second-order valence-electron chi connectivity index (χ2n) is 5.78. The molecule has 0 radical (unpaired) electrons. The Kier molecular flexibility index (Phi) is 4.51. The molecule has 0 atom stereocenters. The van der Waals surface area contributed by atoms with Crippen molar-refractivity contribution in [2.75, 3.05) is 0 Å². The van der Waals surface area contributed by atoms with Crippen LogP contribution in [0.4, 0.5) is 0 Å². The Balaban J connectivity index is 2.23. The van der Waals surface area contributed by atoms with Gasteiger partial charge in [0.1, 0.15) is 4.88 Å². The van der Waals surface area contributed by atoms with Crippen molar-refractivity contribution in [1.82, 2.24) is 9.55 Å². The maximum absolute atomic E-state index is 12.6. The van der Waals surface area contributed by atoms with E-state index in [0.29, 0.717) is 16.2 Å². The first-order valence-corrected chi connectivity index (χ1v) is 9.28. The predicted octanol–water partition coefficient (Wildman–Crippen LogP) is 4.32. The van der Waals surface area contributed by atoms with Crippen LogP contribution in [0.25, 0.3) is 10.2 Å². The molecule has 0 unspecified atom stereocenters. The van der Waals surface area contributed by atoms with E-state index in [4.69, 9.17) is 0 Å². The fourth-order valence-corrected chi connectivity index (χ4v) is 4.66. The summed E-state index contributed by atoms with van der Waals surface area (Å²) in [6.45, 7) is 12.4. The highest BCUT2D eigenvalue weighted by Crippen LogP contribution is 2.24. The molecule has 0 aliphatic carbocycles. The minimum Gasteiger partial charge on any atom is -0.312 e. The highest BCUT2D eigenvalue weighted by atomic mass is 32.1. The molecule has 0 N–H and O–H groups in total. The topological polar surface area (TPSA) is 47.2 Å². The Bertz CT molecular complexity index is 1020. The first-order chi connectivity index (χ1) is 11.4. The Hall–Kier alpha value is -2.05. The average molecular weight is 358 g/mol. The van der Waals surface area contributed by atoms with Gasteiger partial charge in [0, 0.05) is 6.54 Å². The van der Waals surface area contributed by atoms with Crippen LogP contribution in [0.2, 0.25) is 0 Å². The number of hydrogen-bond acceptors (Lipinski definition) is 4. The summed E-state index contributed by atoms with van der Waals surface area (Å²) in [5.41, 5.74) is 4.24. The lowest BCUT2D eigenvalue weighted by Gasteiger charge is -2.03. The van der Waals surface area contributed by atoms with Crippen molar-refractivity contribution in [3.05, 3.63) is 56.3 Å². The SMILES string of the molecule is C=CCn1c(=NC(=O)c2sc(C)nc2C)sc2c(C)cc(C)cc21. The summed E-state index contributed by atoms with van der Waals surface area (Å²) in [6.07, 6.45) is 1.83. The number of carbonyl (C=O) groups is 1. The fourth-order valence-electron chi connectivity index (χ4n) is 2.77. The zero-order valence-electron chi connectivity index (χ0n) is 14.2. The molecule has 4 nitrogen and oxygen atoms in total. The van der Waals surface area contributed by atoms with E-state index in [9.17, 15) is 4.79 Å². The number of carbonyl (C=O) groups excluding carboxylic acids is 1. The van der Waals surface area contributed by atoms with E-state index in [0.717, 1.165) is 20.9 Å². The molecule has 3 aromatic rings. The lowest BCUT2D eigenvalue weighted by atomic mass is 10.1. The summed E-state index contributed by atoms with van der Waals surface area (Å²) < 4.78 is 3.21. The van der Waals surface area contributed by atoms with Crippen LogP contribution in [0.3, 0.4) is 0 Å². The zero-order valence-corrected chi connectivity index (χ0v) is 15.8. The normalized spacial score (nSPS) is 12.1. The molecular weight excluding hydrogens is 338 g/mol. The van der Waals surface area contributed by atoms with Gasteiger partial charge in [-0.15, -0.1) is 17.9 Å². The van der Waals surface area contributed by atoms with Crippen LogP contribution in [-0.4, -0.2) is 15.5 Å². The third-order valence-corrected chi connectivity index (χ3v) is 6.01. The molecule has 0 fully saturated rings. The molecule has 2 heterocycles. The van der Waals surface area contributed by atoms with Crippen molar-refractivity contribution in [2.45, 2.75) is 34.2 Å². The molecular formula is C18H19N3OS2.